The van der Waals surface area contributed by atoms with Gasteiger partial charge in [-0.3, -0.25) is 4.68 Å². The molecule has 2 N–H and O–H groups in total. The van der Waals surface area contributed by atoms with E-state index < -0.39 is 0 Å². The van der Waals surface area contributed by atoms with Crippen LogP contribution in [0.3, 0.4) is 0 Å². The molecule has 0 radical (unpaired) electrons. The molecule has 0 aromatic carbocycles. The van der Waals surface area contributed by atoms with Crippen LogP contribution in [-0.4, -0.2) is 26.8 Å². The predicted octanol–water partition coefficient (Wildman–Crippen LogP) is 2.82. The van der Waals surface area contributed by atoms with Gasteiger partial charge in [0.25, 0.3) is 0 Å². The molecule has 0 unspecified atom stereocenters. The molecule has 6 nitrogen and oxygen atoms in total. The third-order valence-corrected chi connectivity index (χ3v) is 3.40. The van der Waals surface area contributed by atoms with Crippen molar-refractivity contribution in [2.45, 2.75) is 40.0 Å². The minimum absolute atomic E-state index is 0.848. The Hall–Kier alpha value is -2.11. The third-order valence-electron chi connectivity index (χ3n) is 3.40. The molecule has 0 atom stereocenters. The van der Waals surface area contributed by atoms with E-state index >= 15 is 0 Å². The van der Waals surface area contributed by atoms with Gasteiger partial charge in [0.1, 0.15) is 17.5 Å². The lowest BCUT2D eigenvalue weighted by atomic mass is 10.2. The summed E-state index contributed by atoms with van der Waals surface area (Å²) in [7, 11) is 3.81. The fourth-order valence-electron chi connectivity index (χ4n) is 2.29. The van der Waals surface area contributed by atoms with E-state index in [2.05, 4.69) is 39.5 Å². The molecule has 0 spiro atoms. The van der Waals surface area contributed by atoms with Gasteiger partial charge in [-0.1, -0.05) is 13.8 Å². The Bertz CT molecular complexity index is 617. The fourth-order valence-corrected chi connectivity index (χ4v) is 2.29. The van der Waals surface area contributed by atoms with E-state index in [-0.39, 0.29) is 0 Å². The zero-order valence-corrected chi connectivity index (χ0v) is 13.5. The van der Waals surface area contributed by atoms with Crippen molar-refractivity contribution in [1.29, 1.82) is 0 Å². The molecule has 2 aromatic heterocycles. The Kier molecular flexibility index (Phi) is 4.77. The van der Waals surface area contributed by atoms with Crippen molar-refractivity contribution in [2.24, 2.45) is 7.05 Å². The molecule has 0 aliphatic carbocycles. The summed E-state index contributed by atoms with van der Waals surface area (Å²) in [4.78, 5) is 9.20. The number of nitrogens with one attached hydrogen (secondary N) is 2. The van der Waals surface area contributed by atoms with E-state index in [0.29, 0.717) is 0 Å². The molecular formula is C15H24N6. The first-order chi connectivity index (χ1) is 10.1. The van der Waals surface area contributed by atoms with Gasteiger partial charge in [0.2, 0.25) is 0 Å². The molecule has 2 rings (SSSR count). The largest absolute Gasteiger partial charge is 0.373 e. The summed E-state index contributed by atoms with van der Waals surface area (Å²) in [5.41, 5.74) is 3.06. The van der Waals surface area contributed by atoms with E-state index in [4.69, 9.17) is 0 Å². The van der Waals surface area contributed by atoms with Crippen LogP contribution in [0.15, 0.2) is 6.20 Å². The van der Waals surface area contributed by atoms with Crippen LogP contribution in [0.5, 0.6) is 0 Å². The monoisotopic (exact) mass is 288 g/mol. The molecule has 0 aliphatic heterocycles. The lowest BCUT2D eigenvalue weighted by Gasteiger charge is -2.13. The summed E-state index contributed by atoms with van der Waals surface area (Å²) in [5.74, 6) is 2.58. The number of hydrogen-bond donors (Lipinski definition) is 2. The second-order valence-electron chi connectivity index (χ2n) is 5.10. The van der Waals surface area contributed by atoms with Gasteiger partial charge in [-0.15, -0.1) is 0 Å². The highest BCUT2D eigenvalue weighted by atomic mass is 15.3. The maximum atomic E-state index is 4.65. The van der Waals surface area contributed by atoms with Crippen LogP contribution in [0.4, 0.5) is 17.3 Å². The van der Waals surface area contributed by atoms with Gasteiger partial charge in [-0.2, -0.15) is 5.10 Å². The maximum absolute atomic E-state index is 4.65. The number of aryl methyl sites for hydroxylation is 3. The van der Waals surface area contributed by atoms with E-state index in [0.717, 1.165) is 53.7 Å². The lowest BCUT2D eigenvalue weighted by molar-refractivity contribution is 0.746. The van der Waals surface area contributed by atoms with Gasteiger partial charge in [0, 0.05) is 32.3 Å². The Morgan fingerprint density at radius 2 is 1.90 bits per heavy atom. The Labute approximate surface area is 126 Å². The zero-order valence-electron chi connectivity index (χ0n) is 13.5. The first-order valence-electron chi connectivity index (χ1n) is 7.43. The molecule has 2 aromatic rings. The van der Waals surface area contributed by atoms with Gasteiger partial charge in [-0.25, -0.2) is 9.97 Å². The van der Waals surface area contributed by atoms with Crippen LogP contribution < -0.4 is 10.6 Å². The SMILES string of the molecule is CCCc1nc(NC)c(C)c(Nc2cn(C)nc2CC)n1. The summed E-state index contributed by atoms with van der Waals surface area (Å²) >= 11 is 0. The van der Waals surface area contributed by atoms with Crippen LogP contribution in [0, 0.1) is 6.92 Å². The van der Waals surface area contributed by atoms with E-state index in [1.807, 2.05) is 31.9 Å². The summed E-state index contributed by atoms with van der Waals surface area (Å²) in [5, 5.41) is 11.0. The van der Waals surface area contributed by atoms with Crippen molar-refractivity contribution in [2.75, 3.05) is 17.7 Å². The minimum atomic E-state index is 0.848. The first-order valence-corrected chi connectivity index (χ1v) is 7.43. The van der Waals surface area contributed by atoms with Crippen LogP contribution in [-0.2, 0) is 19.9 Å². The van der Waals surface area contributed by atoms with Crippen LogP contribution >= 0.6 is 0 Å². The maximum Gasteiger partial charge on any atom is 0.139 e. The Morgan fingerprint density at radius 1 is 1.19 bits per heavy atom. The fraction of sp³-hybridized carbons (Fsp3) is 0.533. The van der Waals surface area contributed by atoms with E-state index in [9.17, 15) is 0 Å². The molecule has 0 amide bonds. The molecular weight excluding hydrogens is 264 g/mol. The summed E-state index contributed by atoms with van der Waals surface area (Å²) in [6.45, 7) is 6.25. The molecule has 114 valence electrons. The number of anilines is 3. The number of hydrogen-bond acceptors (Lipinski definition) is 5. The molecule has 0 fully saturated rings. The van der Waals surface area contributed by atoms with Crippen molar-refractivity contribution in [3.63, 3.8) is 0 Å². The van der Waals surface area contributed by atoms with Crippen molar-refractivity contribution in [1.82, 2.24) is 19.7 Å². The molecule has 2 heterocycles. The Morgan fingerprint density at radius 3 is 2.52 bits per heavy atom. The zero-order chi connectivity index (χ0) is 15.4. The first kappa shape index (κ1) is 15.3. The standard InChI is InChI=1S/C15H24N6/c1-6-8-13-18-14(16-4)10(3)15(19-13)17-12-9-21(5)20-11(12)7-2/h9H,6-8H2,1-5H3,(H2,16,17,18,19). The summed E-state index contributed by atoms with van der Waals surface area (Å²) in [6.07, 6.45) is 4.77. The quantitative estimate of drug-likeness (QED) is 0.855. The predicted molar refractivity (Wildman–Crippen MR) is 86.2 cm³/mol. The van der Waals surface area contributed by atoms with Gasteiger partial charge >= 0.3 is 0 Å². The average Bonchev–Trinajstić information content (AvgIpc) is 2.82. The highest BCUT2D eigenvalue weighted by Gasteiger charge is 2.13. The van der Waals surface area contributed by atoms with Crippen LogP contribution in [0.1, 0.15) is 37.4 Å². The second-order valence-corrected chi connectivity index (χ2v) is 5.10. The lowest BCUT2D eigenvalue weighted by Crippen LogP contribution is -2.07. The van der Waals surface area contributed by atoms with E-state index in [1.165, 1.54) is 0 Å². The number of rotatable bonds is 6. The van der Waals surface area contributed by atoms with Gasteiger partial charge in [-0.05, 0) is 19.8 Å². The molecule has 21 heavy (non-hydrogen) atoms. The molecule has 6 heteroatoms. The number of aromatic nitrogens is 4. The summed E-state index contributed by atoms with van der Waals surface area (Å²) < 4.78 is 1.82. The molecule has 0 saturated carbocycles. The van der Waals surface area contributed by atoms with Crippen LogP contribution in [0.2, 0.25) is 0 Å². The molecule has 0 bridgehead atoms. The highest BCUT2D eigenvalue weighted by Crippen LogP contribution is 2.25. The smallest absolute Gasteiger partial charge is 0.139 e. The Balaban J connectivity index is 2.39. The average molecular weight is 288 g/mol. The van der Waals surface area contributed by atoms with Crippen LogP contribution in [0.25, 0.3) is 0 Å². The van der Waals surface area contributed by atoms with Gasteiger partial charge < -0.3 is 10.6 Å². The van der Waals surface area contributed by atoms with Crippen molar-refractivity contribution >= 4 is 17.3 Å². The molecule has 0 aliphatic rings. The summed E-state index contributed by atoms with van der Waals surface area (Å²) in [6, 6.07) is 0. The third kappa shape index (κ3) is 3.32. The molecule has 0 saturated heterocycles. The van der Waals surface area contributed by atoms with E-state index in [1.54, 1.807) is 0 Å². The van der Waals surface area contributed by atoms with Crippen molar-refractivity contribution in [3.8, 4) is 0 Å². The van der Waals surface area contributed by atoms with Crippen molar-refractivity contribution in [3.05, 3.63) is 23.3 Å². The second kappa shape index (κ2) is 6.56. The minimum Gasteiger partial charge on any atom is -0.373 e. The van der Waals surface area contributed by atoms with Gasteiger partial charge in [0.15, 0.2) is 0 Å². The highest BCUT2D eigenvalue weighted by molar-refractivity contribution is 5.65. The number of nitrogens with zero attached hydrogens (tertiary/aromatic N) is 4. The normalized spacial score (nSPS) is 10.7. The van der Waals surface area contributed by atoms with Gasteiger partial charge in [0.05, 0.1) is 11.4 Å². The van der Waals surface area contributed by atoms with Crippen molar-refractivity contribution < 1.29 is 0 Å². The topological polar surface area (TPSA) is 67.7 Å².